The fraction of sp³-hybridized carbons (Fsp3) is 0.481. The van der Waals surface area contributed by atoms with E-state index >= 15 is 0 Å². The Morgan fingerprint density at radius 3 is 2.69 bits per heavy atom. The van der Waals surface area contributed by atoms with E-state index in [0.29, 0.717) is 6.04 Å². The zero-order valence-electron chi connectivity index (χ0n) is 20.7. The standard InChI is InChI=1S/C20H17ClN4S.C7H13NO2/c1-11-23-24-19-20(9-10-20)22-17(12-5-2-3-7-14(12)21)16-13-6-4-8-15(13)26-18(16)25(11)19;1-8(6-9)7-2-4-10-5-3-7/h2-3,5,7H,4,6,8-10H2,1H3;6-7H,2-5H2,1H3. The normalized spacial score (nSPS) is 19.4. The minimum Gasteiger partial charge on any atom is -0.381 e. The molecule has 7 nitrogen and oxygen atoms in total. The topological polar surface area (TPSA) is 72.6 Å². The van der Waals surface area contributed by atoms with E-state index in [2.05, 4.69) is 20.8 Å². The van der Waals surface area contributed by atoms with Gasteiger partial charge in [-0.2, -0.15) is 0 Å². The van der Waals surface area contributed by atoms with Crippen LogP contribution >= 0.6 is 22.9 Å². The number of hydrogen-bond donors (Lipinski definition) is 0. The number of benzene rings is 1. The molecule has 1 amide bonds. The summed E-state index contributed by atoms with van der Waals surface area (Å²) in [4.78, 5) is 18.8. The number of aromatic nitrogens is 3. The van der Waals surface area contributed by atoms with Crippen LogP contribution in [0.3, 0.4) is 0 Å². The summed E-state index contributed by atoms with van der Waals surface area (Å²) in [5, 5.41) is 10.9. The lowest BCUT2D eigenvalue weighted by molar-refractivity contribution is -0.120. The molecule has 36 heavy (non-hydrogen) atoms. The smallest absolute Gasteiger partial charge is 0.209 e. The van der Waals surface area contributed by atoms with E-state index in [1.165, 1.54) is 27.4 Å². The Labute approximate surface area is 220 Å². The minimum absolute atomic E-state index is 0.236. The van der Waals surface area contributed by atoms with Gasteiger partial charge in [0.2, 0.25) is 6.41 Å². The van der Waals surface area contributed by atoms with Crippen molar-refractivity contribution in [1.82, 2.24) is 19.7 Å². The van der Waals surface area contributed by atoms with E-state index in [9.17, 15) is 4.79 Å². The predicted octanol–water partition coefficient (Wildman–Crippen LogP) is 4.87. The van der Waals surface area contributed by atoms with Crippen LogP contribution in [0.4, 0.5) is 0 Å². The third-order valence-electron chi connectivity index (χ3n) is 7.70. The molecule has 7 rings (SSSR count). The highest BCUT2D eigenvalue weighted by Gasteiger charge is 2.52. The van der Waals surface area contributed by atoms with Crippen molar-refractivity contribution < 1.29 is 9.53 Å². The Morgan fingerprint density at radius 2 is 1.97 bits per heavy atom. The predicted molar refractivity (Wildman–Crippen MR) is 142 cm³/mol. The summed E-state index contributed by atoms with van der Waals surface area (Å²) >= 11 is 8.50. The van der Waals surface area contributed by atoms with Crippen LogP contribution in [0.2, 0.25) is 5.02 Å². The van der Waals surface area contributed by atoms with Gasteiger partial charge in [0.25, 0.3) is 0 Å². The molecule has 3 aromatic rings. The number of carbonyl (C=O) groups is 1. The lowest BCUT2D eigenvalue weighted by Gasteiger charge is -2.27. The van der Waals surface area contributed by atoms with Crippen molar-refractivity contribution in [2.75, 3.05) is 20.3 Å². The number of thiophene rings is 1. The van der Waals surface area contributed by atoms with E-state index in [1.54, 1.807) is 4.90 Å². The lowest BCUT2D eigenvalue weighted by Crippen LogP contribution is -2.35. The van der Waals surface area contributed by atoms with E-state index in [4.69, 9.17) is 21.3 Å². The first-order valence-electron chi connectivity index (χ1n) is 12.7. The van der Waals surface area contributed by atoms with Crippen LogP contribution in [0.15, 0.2) is 29.3 Å². The van der Waals surface area contributed by atoms with Gasteiger partial charge < -0.3 is 9.64 Å². The number of halogens is 1. The summed E-state index contributed by atoms with van der Waals surface area (Å²) in [5.74, 6) is 1.95. The molecular formula is C27H30ClN5O2S. The van der Waals surface area contributed by atoms with E-state index in [-0.39, 0.29) is 5.54 Å². The average Bonchev–Trinajstić information content (AvgIpc) is 3.20. The molecule has 2 fully saturated rings. The van der Waals surface area contributed by atoms with Gasteiger partial charge in [0, 0.05) is 47.3 Å². The van der Waals surface area contributed by atoms with Crippen LogP contribution in [0.5, 0.6) is 0 Å². The van der Waals surface area contributed by atoms with Gasteiger partial charge >= 0.3 is 0 Å². The highest BCUT2D eigenvalue weighted by atomic mass is 35.5. The fourth-order valence-electron chi connectivity index (χ4n) is 5.50. The van der Waals surface area contributed by atoms with Crippen LogP contribution < -0.4 is 0 Å². The Balaban J connectivity index is 0.000000204. The third kappa shape index (κ3) is 3.99. The monoisotopic (exact) mass is 523 g/mol. The number of amides is 1. The van der Waals surface area contributed by atoms with Gasteiger partial charge in [-0.3, -0.25) is 14.4 Å². The summed E-state index contributed by atoms with van der Waals surface area (Å²) in [6.07, 6.45) is 8.40. The summed E-state index contributed by atoms with van der Waals surface area (Å²) in [7, 11) is 1.82. The number of ether oxygens (including phenoxy) is 1. The third-order valence-corrected chi connectivity index (χ3v) is 9.30. The van der Waals surface area contributed by atoms with E-state index < -0.39 is 0 Å². The second-order valence-electron chi connectivity index (χ2n) is 10.0. The average molecular weight is 524 g/mol. The lowest BCUT2D eigenvalue weighted by atomic mass is 9.99. The Morgan fingerprint density at radius 1 is 1.19 bits per heavy atom. The number of carbonyl (C=O) groups excluding carboxylic acids is 1. The summed E-state index contributed by atoms with van der Waals surface area (Å²) in [5.41, 5.74) is 4.57. The van der Waals surface area contributed by atoms with Crippen LogP contribution in [0.25, 0.3) is 5.00 Å². The van der Waals surface area contributed by atoms with Crippen LogP contribution in [-0.4, -0.2) is 58.1 Å². The molecule has 0 unspecified atom stereocenters. The number of rotatable bonds is 3. The molecule has 2 aliphatic carbocycles. The number of fused-ring (bicyclic) bond motifs is 6. The van der Waals surface area contributed by atoms with Crippen molar-refractivity contribution in [3.05, 3.63) is 62.5 Å². The van der Waals surface area contributed by atoms with Crippen molar-refractivity contribution >= 4 is 35.1 Å². The maximum atomic E-state index is 10.3. The fourth-order valence-corrected chi connectivity index (χ4v) is 7.16. The van der Waals surface area contributed by atoms with E-state index in [0.717, 1.165) is 86.1 Å². The first-order chi connectivity index (χ1) is 17.5. The van der Waals surface area contributed by atoms with Crippen molar-refractivity contribution in [2.24, 2.45) is 4.99 Å². The molecule has 2 aromatic heterocycles. The molecule has 1 spiro atoms. The summed E-state index contributed by atoms with van der Waals surface area (Å²) in [6, 6.07) is 8.49. The van der Waals surface area contributed by atoms with Gasteiger partial charge in [0.15, 0.2) is 5.82 Å². The van der Waals surface area contributed by atoms with Crippen LogP contribution in [0, 0.1) is 6.92 Å². The van der Waals surface area contributed by atoms with Gasteiger partial charge in [-0.05, 0) is 63.5 Å². The molecule has 0 atom stereocenters. The molecule has 4 heterocycles. The summed E-state index contributed by atoms with van der Waals surface area (Å²) < 4.78 is 7.41. The SMILES string of the molecule is CN(C=O)C1CCOCC1.Cc1nnc2n1-c1sc3c(c1C(c1ccccc1Cl)=NC21CC1)CCC3. The number of aliphatic imine (C=N–C) groups is 1. The second-order valence-corrected chi connectivity index (χ2v) is 11.5. The first-order valence-corrected chi connectivity index (χ1v) is 13.9. The van der Waals surface area contributed by atoms with Gasteiger partial charge in [-0.1, -0.05) is 29.8 Å². The zero-order valence-corrected chi connectivity index (χ0v) is 22.2. The van der Waals surface area contributed by atoms with Gasteiger partial charge in [0.05, 0.1) is 5.71 Å². The molecule has 0 bridgehead atoms. The highest BCUT2D eigenvalue weighted by molar-refractivity contribution is 7.15. The van der Waals surface area contributed by atoms with Crippen LogP contribution in [-0.2, 0) is 27.9 Å². The molecule has 1 saturated heterocycles. The number of aryl methyl sites for hydroxylation is 2. The summed E-state index contributed by atoms with van der Waals surface area (Å²) in [6.45, 7) is 3.63. The Hall–Kier alpha value is -2.55. The van der Waals surface area contributed by atoms with Crippen molar-refractivity contribution in [2.45, 2.75) is 63.5 Å². The maximum Gasteiger partial charge on any atom is 0.209 e. The van der Waals surface area contributed by atoms with Crippen LogP contribution in [0.1, 0.15) is 65.3 Å². The number of nitrogens with zero attached hydrogens (tertiary/aromatic N) is 5. The molecule has 0 radical (unpaired) electrons. The number of hydrogen-bond acceptors (Lipinski definition) is 6. The second kappa shape index (κ2) is 9.39. The molecule has 1 aromatic carbocycles. The highest BCUT2D eigenvalue weighted by Crippen LogP contribution is 2.53. The van der Waals surface area contributed by atoms with Crippen molar-refractivity contribution in [1.29, 1.82) is 0 Å². The van der Waals surface area contributed by atoms with Crippen molar-refractivity contribution in [3.63, 3.8) is 0 Å². The molecule has 188 valence electrons. The molecule has 0 N–H and O–H groups in total. The molecule has 9 heteroatoms. The quantitative estimate of drug-likeness (QED) is 0.459. The Kier molecular flexibility index (Phi) is 6.22. The molecule has 2 aliphatic heterocycles. The molecular weight excluding hydrogens is 494 g/mol. The molecule has 1 saturated carbocycles. The van der Waals surface area contributed by atoms with E-state index in [1.807, 2.05) is 43.5 Å². The van der Waals surface area contributed by atoms with Gasteiger partial charge in [0.1, 0.15) is 16.4 Å². The molecule has 4 aliphatic rings. The first kappa shape index (κ1) is 23.8. The Bertz CT molecular complexity index is 1340. The van der Waals surface area contributed by atoms with Gasteiger partial charge in [-0.15, -0.1) is 21.5 Å². The minimum atomic E-state index is -0.236. The van der Waals surface area contributed by atoms with Gasteiger partial charge in [-0.25, -0.2) is 0 Å². The van der Waals surface area contributed by atoms with Crippen molar-refractivity contribution in [3.8, 4) is 5.00 Å². The maximum absolute atomic E-state index is 10.3. The zero-order chi connectivity index (χ0) is 24.9. The largest absolute Gasteiger partial charge is 0.381 e.